The van der Waals surface area contributed by atoms with Crippen molar-refractivity contribution in [3.8, 4) is 33.9 Å². The van der Waals surface area contributed by atoms with Crippen LogP contribution in [0.3, 0.4) is 0 Å². The first kappa shape index (κ1) is 17.8. The number of nitriles is 1. The lowest BCUT2D eigenvalue weighted by Gasteiger charge is -2.11. The zero-order valence-electron chi connectivity index (χ0n) is 14.6. The Bertz CT molecular complexity index is 914. The highest BCUT2D eigenvalue weighted by molar-refractivity contribution is 7.13. The number of hydrogen-bond donors (Lipinski definition) is 0. The molecule has 5 nitrogen and oxygen atoms in total. The molecule has 1 aromatic heterocycles. The van der Waals surface area contributed by atoms with E-state index in [2.05, 4.69) is 11.1 Å². The van der Waals surface area contributed by atoms with E-state index in [0.717, 1.165) is 22.0 Å². The topological polar surface area (TPSA) is 64.4 Å². The van der Waals surface area contributed by atoms with Gasteiger partial charge in [-0.15, -0.1) is 11.3 Å². The van der Waals surface area contributed by atoms with Crippen LogP contribution in [-0.4, -0.2) is 18.7 Å². The van der Waals surface area contributed by atoms with Crippen molar-refractivity contribution in [1.29, 1.82) is 5.26 Å². The minimum absolute atomic E-state index is 0.332. The van der Waals surface area contributed by atoms with E-state index in [1.807, 2.05) is 36.6 Å². The minimum Gasteiger partial charge on any atom is -0.497 e. The van der Waals surface area contributed by atoms with Gasteiger partial charge in [-0.05, 0) is 43.3 Å². The van der Waals surface area contributed by atoms with Crippen molar-refractivity contribution < 1.29 is 14.2 Å². The smallest absolute Gasteiger partial charge is 0.162 e. The molecule has 0 aliphatic heterocycles. The SMILES string of the molecule is CCOc1cc(C#N)ccc1OCc1csc(-c2ccc(OC)cc2)n1. The molecule has 0 aliphatic carbocycles. The van der Waals surface area contributed by atoms with Crippen molar-refractivity contribution in [1.82, 2.24) is 4.98 Å². The molecule has 0 saturated heterocycles. The summed E-state index contributed by atoms with van der Waals surface area (Å²) in [7, 11) is 1.65. The third-order valence-corrected chi connectivity index (χ3v) is 4.58. The maximum absolute atomic E-state index is 9.01. The van der Waals surface area contributed by atoms with Crippen LogP contribution in [0.15, 0.2) is 47.8 Å². The molecule has 132 valence electrons. The van der Waals surface area contributed by atoms with Crippen LogP contribution in [0, 0.1) is 11.3 Å². The molecular formula is C20H18N2O3S. The lowest BCUT2D eigenvalue weighted by atomic mass is 10.2. The van der Waals surface area contributed by atoms with Crippen molar-refractivity contribution in [2.45, 2.75) is 13.5 Å². The van der Waals surface area contributed by atoms with Gasteiger partial charge < -0.3 is 14.2 Å². The van der Waals surface area contributed by atoms with Crippen molar-refractivity contribution >= 4 is 11.3 Å². The number of ether oxygens (including phenoxy) is 3. The Morgan fingerprint density at radius 1 is 1.08 bits per heavy atom. The molecule has 1 heterocycles. The fourth-order valence-corrected chi connectivity index (χ4v) is 3.17. The van der Waals surface area contributed by atoms with Gasteiger partial charge in [0.1, 0.15) is 17.4 Å². The Hall–Kier alpha value is -3.04. The zero-order valence-corrected chi connectivity index (χ0v) is 15.4. The first-order valence-corrected chi connectivity index (χ1v) is 9.00. The van der Waals surface area contributed by atoms with Crippen LogP contribution in [-0.2, 0) is 6.61 Å². The average Bonchev–Trinajstić information content (AvgIpc) is 3.16. The second kappa shape index (κ2) is 8.37. The molecule has 0 fully saturated rings. The van der Waals surface area contributed by atoms with Gasteiger partial charge >= 0.3 is 0 Å². The van der Waals surface area contributed by atoms with Gasteiger partial charge in [-0.1, -0.05) is 0 Å². The van der Waals surface area contributed by atoms with Gasteiger partial charge in [0, 0.05) is 17.0 Å². The van der Waals surface area contributed by atoms with Gasteiger partial charge in [0.2, 0.25) is 0 Å². The van der Waals surface area contributed by atoms with Crippen molar-refractivity contribution in [2.24, 2.45) is 0 Å². The largest absolute Gasteiger partial charge is 0.497 e. The van der Waals surface area contributed by atoms with E-state index < -0.39 is 0 Å². The van der Waals surface area contributed by atoms with E-state index >= 15 is 0 Å². The Morgan fingerprint density at radius 2 is 1.88 bits per heavy atom. The zero-order chi connectivity index (χ0) is 18.4. The molecule has 0 amide bonds. The summed E-state index contributed by atoms with van der Waals surface area (Å²) in [6, 6.07) is 15.0. The van der Waals surface area contributed by atoms with Gasteiger partial charge in [-0.2, -0.15) is 5.26 Å². The van der Waals surface area contributed by atoms with E-state index in [1.54, 1.807) is 36.6 Å². The molecule has 0 radical (unpaired) electrons. The van der Waals surface area contributed by atoms with E-state index in [4.69, 9.17) is 19.5 Å². The van der Waals surface area contributed by atoms with Crippen LogP contribution >= 0.6 is 11.3 Å². The third-order valence-electron chi connectivity index (χ3n) is 3.64. The normalized spacial score (nSPS) is 10.2. The van der Waals surface area contributed by atoms with Gasteiger partial charge in [0.25, 0.3) is 0 Å². The summed E-state index contributed by atoms with van der Waals surface area (Å²) in [4.78, 5) is 4.62. The summed E-state index contributed by atoms with van der Waals surface area (Å²) < 4.78 is 16.6. The fraction of sp³-hybridized carbons (Fsp3) is 0.200. The highest BCUT2D eigenvalue weighted by atomic mass is 32.1. The van der Waals surface area contributed by atoms with Crippen LogP contribution < -0.4 is 14.2 Å². The first-order valence-electron chi connectivity index (χ1n) is 8.12. The number of benzene rings is 2. The Labute approximate surface area is 156 Å². The monoisotopic (exact) mass is 366 g/mol. The number of rotatable bonds is 7. The highest BCUT2D eigenvalue weighted by Crippen LogP contribution is 2.30. The quantitative estimate of drug-likeness (QED) is 0.608. The molecule has 0 saturated carbocycles. The first-order chi connectivity index (χ1) is 12.7. The molecule has 0 spiro atoms. The molecular weight excluding hydrogens is 348 g/mol. The van der Waals surface area contributed by atoms with Gasteiger partial charge in [-0.3, -0.25) is 0 Å². The molecule has 3 rings (SSSR count). The van der Waals surface area contributed by atoms with Crippen molar-refractivity contribution in [3.05, 3.63) is 59.1 Å². The molecule has 26 heavy (non-hydrogen) atoms. The van der Waals surface area contributed by atoms with E-state index in [9.17, 15) is 0 Å². The van der Waals surface area contributed by atoms with Gasteiger partial charge in [-0.25, -0.2) is 4.98 Å². The lowest BCUT2D eigenvalue weighted by molar-refractivity contribution is 0.267. The van der Waals surface area contributed by atoms with Crippen molar-refractivity contribution in [3.63, 3.8) is 0 Å². The Balaban J connectivity index is 1.71. The molecule has 0 bridgehead atoms. The summed E-state index contributed by atoms with van der Waals surface area (Å²) in [6.07, 6.45) is 0. The standard InChI is InChI=1S/C20H18N2O3S/c1-3-24-19-10-14(11-21)4-9-18(19)25-12-16-13-26-20(22-16)15-5-7-17(23-2)8-6-15/h4-10,13H,3,12H2,1-2H3. The predicted octanol–water partition coefficient (Wildman–Crippen LogP) is 4.67. The van der Waals surface area contributed by atoms with E-state index in [-0.39, 0.29) is 0 Å². The number of nitrogens with zero attached hydrogens (tertiary/aromatic N) is 2. The summed E-state index contributed by atoms with van der Waals surface area (Å²) in [5.74, 6) is 1.99. The number of methoxy groups -OCH3 is 1. The van der Waals surface area contributed by atoms with Crippen LogP contribution in [0.5, 0.6) is 17.2 Å². The number of aromatic nitrogens is 1. The van der Waals surface area contributed by atoms with E-state index in [0.29, 0.717) is 30.3 Å². The third kappa shape index (κ3) is 4.13. The molecule has 0 unspecified atom stereocenters. The maximum atomic E-state index is 9.01. The predicted molar refractivity (Wildman–Crippen MR) is 101 cm³/mol. The lowest BCUT2D eigenvalue weighted by Crippen LogP contribution is -2.00. The number of thiazole rings is 1. The summed E-state index contributed by atoms with van der Waals surface area (Å²) >= 11 is 1.57. The summed E-state index contributed by atoms with van der Waals surface area (Å²) in [5.41, 5.74) is 2.42. The van der Waals surface area contributed by atoms with Gasteiger partial charge in [0.05, 0.1) is 31.0 Å². The molecule has 0 atom stereocenters. The van der Waals surface area contributed by atoms with Crippen molar-refractivity contribution in [2.75, 3.05) is 13.7 Å². The molecule has 3 aromatic rings. The Kier molecular flexibility index (Phi) is 5.72. The molecule has 6 heteroatoms. The molecule has 0 aliphatic rings. The van der Waals surface area contributed by atoms with Gasteiger partial charge in [0.15, 0.2) is 11.5 Å². The highest BCUT2D eigenvalue weighted by Gasteiger charge is 2.09. The second-order valence-electron chi connectivity index (χ2n) is 5.37. The van der Waals surface area contributed by atoms with E-state index in [1.165, 1.54) is 0 Å². The molecule has 2 aromatic carbocycles. The van der Waals surface area contributed by atoms with Crippen LogP contribution in [0.2, 0.25) is 0 Å². The average molecular weight is 366 g/mol. The Morgan fingerprint density at radius 3 is 2.58 bits per heavy atom. The fourth-order valence-electron chi connectivity index (χ4n) is 2.36. The minimum atomic E-state index is 0.332. The van der Waals surface area contributed by atoms with Crippen LogP contribution in [0.1, 0.15) is 18.2 Å². The van der Waals surface area contributed by atoms with Crippen LogP contribution in [0.4, 0.5) is 0 Å². The maximum Gasteiger partial charge on any atom is 0.162 e. The molecule has 0 N–H and O–H groups in total. The second-order valence-corrected chi connectivity index (χ2v) is 6.23. The summed E-state index contributed by atoms with van der Waals surface area (Å²) in [6.45, 7) is 2.73. The summed E-state index contributed by atoms with van der Waals surface area (Å²) in [5, 5.41) is 11.9. The van der Waals surface area contributed by atoms with Crippen LogP contribution in [0.25, 0.3) is 10.6 Å². The number of hydrogen-bond acceptors (Lipinski definition) is 6.